The minimum absolute atomic E-state index is 0.211. The number of amides is 1. The third-order valence-corrected chi connectivity index (χ3v) is 3.72. The van der Waals surface area contributed by atoms with Crippen LogP contribution in [-0.2, 0) is 4.79 Å². The highest BCUT2D eigenvalue weighted by atomic mass is 16.5. The number of benzene rings is 1. The molecule has 0 heterocycles. The van der Waals surface area contributed by atoms with Crippen LogP contribution in [0.4, 0.5) is 0 Å². The van der Waals surface area contributed by atoms with Gasteiger partial charge in [0.2, 0.25) is 5.91 Å². The maximum Gasteiger partial charge on any atom is 0.237 e. The zero-order chi connectivity index (χ0) is 16.0. The molecule has 0 aliphatic carbocycles. The Bertz CT molecular complexity index is 486. The smallest absolute Gasteiger partial charge is 0.237 e. The molecule has 0 aromatic heterocycles. The van der Waals surface area contributed by atoms with Crippen molar-refractivity contribution in [2.24, 2.45) is 5.73 Å². The van der Waals surface area contributed by atoms with E-state index >= 15 is 0 Å². The molecule has 1 amide bonds. The lowest BCUT2D eigenvalue weighted by Gasteiger charge is -2.29. The van der Waals surface area contributed by atoms with Crippen molar-refractivity contribution < 1.29 is 9.53 Å². The third kappa shape index (κ3) is 5.38. The fourth-order valence-electron chi connectivity index (χ4n) is 2.32. The van der Waals surface area contributed by atoms with Crippen molar-refractivity contribution in [2.45, 2.75) is 59.0 Å². The highest BCUT2D eigenvalue weighted by Gasteiger charge is 2.30. The third-order valence-electron chi connectivity index (χ3n) is 3.72. The molecule has 0 fully saturated rings. The standard InChI is InChI=1S/C17H28N2O2/c1-12(2)19-17(5,16(18)20)9-6-10-21-15-8-7-13(3)14(4)11-15/h7-8,11-12,19H,6,9-10H2,1-5H3,(H2,18,20). The van der Waals surface area contributed by atoms with E-state index in [1.54, 1.807) is 0 Å². The van der Waals surface area contributed by atoms with Crippen LogP contribution in [0.2, 0.25) is 0 Å². The molecule has 4 nitrogen and oxygen atoms in total. The van der Waals surface area contributed by atoms with Crippen LogP contribution in [0.1, 0.15) is 44.7 Å². The number of carbonyl (C=O) groups is 1. The second kappa shape index (κ2) is 7.46. The zero-order valence-electron chi connectivity index (χ0n) is 13.8. The zero-order valence-corrected chi connectivity index (χ0v) is 13.8. The van der Waals surface area contributed by atoms with Crippen molar-refractivity contribution in [3.8, 4) is 5.75 Å². The first-order chi connectivity index (χ1) is 9.74. The first kappa shape index (κ1) is 17.5. The molecule has 0 saturated heterocycles. The van der Waals surface area contributed by atoms with Crippen LogP contribution < -0.4 is 15.8 Å². The summed E-state index contributed by atoms with van der Waals surface area (Å²) in [7, 11) is 0. The van der Waals surface area contributed by atoms with Crippen molar-refractivity contribution in [3.05, 3.63) is 29.3 Å². The van der Waals surface area contributed by atoms with E-state index in [-0.39, 0.29) is 11.9 Å². The van der Waals surface area contributed by atoms with Gasteiger partial charge in [0.1, 0.15) is 5.75 Å². The summed E-state index contributed by atoms with van der Waals surface area (Å²) in [5.74, 6) is 0.554. The van der Waals surface area contributed by atoms with Crippen LogP contribution in [0.3, 0.4) is 0 Å². The molecule has 1 unspecified atom stereocenters. The molecule has 0 aliphatic rings. The molecule has 118 valence electrons. The molecule has 3 N–H and O–H groups in total. The van der Waals surface area contributed by atoms with Crippen LogP contribution >= 0.6 is 0 Å². The van der Waals surface area contributed by atoms with Gasteiger partial charge < -0.3 is 15.8 Å². The number of carbonyl (C=O) groups excluding carboxylic acids is 1. The summed E-state index contributed by atoms with van der Waals surface area (Å²) in [6.07, 6.45) is 1.43. The maximum absolute atomic E-state index is 11.6. The van der Waals surface area contributed by atoms with Crippen molar-refractivity contribution in [1.82, 2.24) is 5.32 Å². The van der Waals surface area contributed by atoms with Gasteiger partial charge in [-0.25, -0.2) is 0 Å². The van der Waals surface area contributed by atoms with Gasteiger partial charge in [-0.2, -0.15) is 0 Å². The summed E-state index contributed by atoms with van der Waals surface area (Å²) in [5.41, 5.74) is 7.30. The van der Waals surface area contributed by atoms with Gasteiger partial charge in [-0.15, -0.1) is 0 Å². The lowest BCUT2D eigenvalue weighted by atomic mass is 9.94. The first-order valence-electron chi connectivity index (χ1n) is 7.52. The molecular weight excluding hydrogens is 264 g/mol. The number of hydrogen-bond donors (Lipinski definition) is 2. The Kier molecular flexibility index (Phi) is 6.21. The molecule has 0 bridgehead atoms. The Labute approximate surface area is 128 Å². The van der Waals surface area contributed by atoms with Crippen LogP contribution in [-0.4, -0.2) is 24.1 Å². The van der Waals surface area contributed by atoms with E-state index in [0.717, 1.165) is 12.2 Å². The molecular formula is C17H28N2O2. The van der Waals surface area contributed by atoms with Gasteiger partial charge in [0, 0.05) is 6.04 Å². The molecule has 1 aromatic carbocycles. The maximum atomic E-state index is 11.6. The van der Waals surface area contributed by atoms with Gasteiger partial charge >= 0.3 is 0 Å². The number of aryl methyl sites for hydroxylation is 2. The number of hydrogen-bond acceptors (Lipinski definition) is 3. The highest BCUT2D eigenvalue weighted by Crippen LogP contribution is 2.18. The predicted molar refractivity (Wildman–Crippen MR) is 86.5 cm³/mol. The summed E-state index contributed by atoms with van der Waals surface area (Å²) in [4.78, 5) is 11.6. The highest BCUT2D eigenvalue weighted by molar-refractivity contribution is 5.84. The molecule has 1 atom stereocenters. The number of nitrogens with two attached hydrogens (primary N) is 1. The van der Waals surface area contributed by atoms with Gasteiger partial charge in [-0.05, 0) is 70.7 Å². The number of nitrogens with one attached hydrogen (secondary N) is 1. The molecule has 0 aliphatic heterocycles. The topological polar surface area (TPSA) is 64.3 Å². The lowest BCUT2D eigenvalue weighted by Crippen LogP contribution is -2.55. The molecule has 1 rings (SSSR count). The fourth-order valence-corrected chi connectivity index (χ4v) is 2.32. The van der Waals surface area contributed by atoms with Crippen molar-refractivity contribution in [2.75, 3.05) is 6.61 Å². The van der Waals surface area contributed by atoms with E-state index in [1.165, 1.54) is 11.1 Å². The monoisotopic (exact) mass is 292 g/mol. The predicted octanol–water partition coefficient (Wildman–Crippen LogP) is 2.70. The quantitative estimate of drug-likeness (QED) is 0.724. The summed E-state index contributed by atoms with van der Waals surface area (Å²) in [6.45, 7) is 10.6. The number of rotatable bonds is 8. The Morgan fingerprint density at radius 3 is 2.52 bits per heavy atom. The van der Waals surface area contributed by atoms with Crippen molar-refractivity contribution in [3.63, 3.8) is 0 Å². The van der Waals surface area contributed by atoms with E-state index in [0.29, 0.717) is 13.0 Å². The first-order valence-corrected chi connectivity index (χ1v) is 7.52. The lowest BCUT2D eigenvalue weighted by molar-refractivity contribution is -0.124. The van der Waals surface area contributed by atoms with Gasteiger partial charge in [-0.3, -0.25) is 4.79 Å². The van der Waals surface area contributed by atoms with Crippen LogP contribution in [0.25, 0.3) is 0 Å². The van der Waals surface area contributed by atoms with Gasteiger partial charge in [0.25, 0.3) is 0 Å². The van der Waals surface area contributed by atoms with Crippen LogP contribution in [0.15, 0.2) is 18.2 Å². The minimum atomic E-state index is -0.680. The second-order valence-corrected chi connectivity index (χ2v) is 6.19. The number of ether oxygens (including phenoxy) is 1. The molecule has 0 radical (unpaired) electrons. The minimum Gasteiger partial charge on any atom is -0.494 e. The Balaban J connectivity index is 2.47. The molecule has 21 heavy (non-hydrogen) atoms. The van der Waals surface area contributed by atoms with E-state index in [9.17, 15) is 4.79 Å². The van der Waals surface area contributed by atoms with Crippen LogP contribution in [0, 0.1) is 13.8 Å². The Morgan fingerprint density at radius 1 is 1.33 bits per heavy atom. The molecule has 4 heteroatoms. The molecule has 0 saturated carbocycles. The number of primary amides is 1. The van der Waals surface area contributed by atoms with E-state index in [1.807, 2.05) is 32.9 Å². The second-order valence-electron chi connectivity index (χ2n) is 6.19. The molecule has 0 spiro atoms. The van der Waals surface area contributed by atoms with E-state index < -0.39 is 5.54 Å². The van der Waals surface area contributed by atoms with E-state index in [2.05, 4.69) is 25.2 Å². The Morgan fingerprint density at radius 2 is 2.00 bits per heavy atom. The van der Waals surface area contributed by atoms with Gasteiger partial charge in [0.05, 0.1) is 12.1 Å². The average molecular weight is 292 g/mol. The summed E-state index contributed by atoms with van der Waals surface area (Å²) in [5, 5.41) is 3.24. The summed E-state index contributed by atoms with van der Waals surface area (Å²) < 4.78 is 5.74. The van der Waals surface area contributed by atoms with E-state index in [4.69, 9.17) is 10.5 Å². The van der Waals surface area contributed by atoms with Crippen LogP contribution in [0.5, 0.6) is 5.75 Å². The normalized spacial score (nSPS) is 14.0. The SMILES string of the molecule is Cc1ccc(OCCCC(C)(NC(C)C)C(N)=O)cc1C. The summed E-state index contributed by atoms with van der Waals surface area (Å²) >= 11 is 0. The van der Waals surface area contributed by atoms with Crippen molar-refractivity contribution in [1.29, 1.82) is 0 Å². The Hall–Kier alpha value is -1.55. The van der Waals surface area contributed by atoms with Gasteiger partial charge in [-0.1, -0.05) is 6.07 Å². The summed E-state index contributed by atoms with van der Waals surface area (Å²) in [6, 6.07) is 6.28. The molecule has 1 aromatic rings. The largest absolute Gasteiger partial charge is 0.494 e. The van der Waals surface area contributed by atoms with Crippen molar-refractivity contribution >= 4 is 5.91 Å². The average Bonchev–Trinajstić information content (AvgIpc) is 2.38. The fraction of sp³-hybridized carbons (Fsp3) is 0.588. The van der Waals surface area contributed by atoms with Gasteiger partial charge in [0.15, 0.2) is 0 Å².